The van der Waals surface area contributed by atoms with Crippen LogP contribution in [0.25, 0.3) is 5.70 Å². The number of likely N-dealkylation sites (tertiary alicyclic amines) is 1. The lowest BCUT2D eigenvalue weighted by Gasteiger charge is -2.36. The molecule has 0 aromatic heterocycles. The number of hydrogen-bond acceptors (Lipinski definition) is 3. The topological polar surface area (TPSA) is 49.4 Å². The lowest BCUT2D eigenvalue weighted by Crippen LogP contribution is -2.44. The Hall–Kier alpha value is -2.10. The maximum Gasteiger partial charge on any atom is 0.219 e. The number of amides is 1. The number of fused-ring (bicyclic) bond motifs is 1. The van der Waals surface area contributed by atoms with Crippen LogP contribution in [-0.4, -0.2) is 35.2 Å². The van der Waals surface area contributed by atoms with Crippen molar-refractivity contribution in [2.45, 2.75) is 45.6 Å². The van der Waals surface area contributed by atoms with E-state index in [0.29, 0.717) is 13.1 Å². The molecule has 0 atom stereocenters. The van der Waals surface area contributed by atoms with E-state index in [9.17, 15) is 9.59 Å². The van der Waals surface area contributed by atoms with Crippen LogP contribution in [0.5, 0.6) is 0 Å². The molecule has 2 aliphatic heterocycles. The van der Waals surface area contributed by atoms with Gasteiger partial charge in [-0.3, -0.25) is 9.59 Å². The van der Waals surface area contributed by atoms with Gasteiger partial charge in [0.05, 0.1) is 0 Å². The van der Waals surface area contributed by atoms with Crippen LogP contribution in [0.3, 0.4) is 0 Å². The molecule has 1 amide bonds. The van der Waals surface area contributed by atoms with Gasteiger partial charge in [-0.1, -0.05) is 24.3 Å². The highest BCUT2D eigenvalue weighted by Crippen LogP contribution is 2.30. The Bertz CT molecular complexity index is 683. The van der Waals surface area contributed by atoms with Gasteiger partial charge in [0.25, 0.3) is 0 Å². The summed E-state index contributed by atoms with van der Waals surface area (Å²) in [6.07, 6.45) is 4.25. The predicted octanol–water partition coefficient (Wildman–Crippen LogP) is 2.78. The summed E-state index contributed by atoms with van der Waals surface area (Å²) >= 11 is 0. The predicted molar refractivity (Wildman–Crippen MR) is 95.3 cm³/mol. The number of carbonyl (C=O) groups excluding carboxylic acids is 2. The number of carbonyl (C=O) groups is 2. The van der Waals surface area contributed by atoms with Gasteiger partial charge in [-0.05, 0) is 38.7 Å². The standard InChI is InChI=1S/C20H26N2O2/c1-14(23)22-10-8-15(9-11-22)19(24)12-18-17-7-5-4-6-16(17)13-20(2,3)21-18/h4-7,12,15,21H,8-11,13H2,1-3H3/b18-12+. The van der Waals surface area contributed by atoms with E-state index in [4.69, 9.17) is 0 Å². The molecule has 1 fully saturated rings. The van der Waals surface area contributed by atoms with E-state index in [-0.39, 0.29) is 23.1 Å². The first-order valence-corrected chi connectivity index (χ1v) is 8.73. The highest BCUT2D eigenvalue weighted by atomic mass is 16.2. The van der Waals surface area contributed by atoms with Gasteiger partial charge in [0.15, 0.2) is 5.78 Å². The summed E-state index contributed by atoms with van der Waals surface area (Å²) < 4.78 is 0. The highest BCUT2D eigenvalue weighted by Gasteiger charge is 2.29. The lowest BCUT2D eigenvalue weighted by molar-refractivity contribution is -0.132. The number of nitrogens with one attached hydrogen (secondary N) is 1. The van der Waals surface area contributed by atoms with Crippen LogP contribution >= 0.6 is 0 Å². The molecule has 0 unspecified atom stereocenters. The molecule has 24 heavy (non-hydrogen) atoms. The minimum Gasteiger partial charge on any atom is -0.379 e. The SMILES string of the molecule is CC(=O)N1CCC(C(=O)/C=C2/NC(C)(C)Cc3ccccc32)CC1. The van der Waals surface area contributed by atoms with E-state index in [1.54, 1.807) is 13.0 Å². The Kier molecular flexibility index (Phi) is 4.48. The monoisotopic (exact) mass is 326 g/mol. The van der Waals surface area contributed by atoms with Crippen molar-refractivity contribution in [3.63, 3.8) is 0 Å². The molecule has 2 aliphatic rings. The summed E-state index contributed by atoms with van der Waals surface area (Å²) in [5, 5.41) is 3.52. The first-order valence-electron chi connectivity index (χ1n) is 8.73. The van der Waals surface area contributed by atoms with Crippen molar-refractivity contribution >= 4 is 17.4 Å². The van der Waals surface area contributed by atoms with Crippen LogP contribution in [0.1, 0.15) is 44.7 Å². The molecule has 128 valence electrons. The molecule has 0 saturated carbocycles. The van der Waals surface area contributed by atoms with Crippen molar-refractivity contribution < 1.29 is 9.59 Å². The zero-order valence-electron chi connectivity index (χ0n) is 14.8. The smallest absolute Gasteiger partial charge is 0.219 e. The Balaban J connectivity index is 1.78. The molecule has 0 aliphatic carbocycles. The number of nitrogens with zero attached hydrogens (tertiary/aromatic N) is 1. The second-order valence-electron chi connectivity index (χ2n) is 7.58. The highest BCUT2D eigenvalue weighted by molar-refractivity contribution is 5.98. The molecule has 1 saturated heterocycles. The zero-order chi connectivity index (χ0) is 17.3. The lowest BCUT2D eigenvalue weighted by atomic mass is 9.84. The number of benzene rings is 1. The number of ketones is 1. The molecular weight excluding hydrogens is 300 g/mol. The molecule has 2 heterocycles. The Labute approximate surface area is 143 Å². The fourth-order valence-electron chi connectivity index (χ4n) is 3.74. The van der Waals surface area contributed by atoms with Crippen LogP contribution in [0, 0.1) is 5.92 Å². The Morgan fingerprint density at radius 2 is 1.88 bits per heavy atom. The third-order valence-corrected chi connectivity index (χ3v) is 5.04. The van der Waals surface area contributed by atoms with E-state index >= 15 is 0 Å². The summed E-state index contributed by atoms with van der Waals surface area (Å²) in [4.78, 5) is 26.0. The van der Waals surface area contributed by atoms with Crippen LogP contribution < -0.4 is 5.32 Å². The maximum atomic E-state index is 12.7. The molecule has 0 spiro atoms. The minimum absolute atomic E-state index is 0.0205. The van der Waals surface area contributed by atoms with Gasteiger partial charge in [-0.25, -0.2) is 0 Å². The summed E-state index contributed by atoms with van der Waals surface area (Å²) in [5.74, 6) is 0.296. The molecule has 0 radical (unpaired) electrons. The Morgan fingerprint density at radius 1 is 1.21 bits per heavy atom. The van der Waals surface area contributed by atoms with Crippen LogP contribution in [0.2, 0.25) is 0 Å². The number of hydrogen-bond donors (Lipinski definition) is 1. The fourth-order valence-corrected chi connectivity index (χ4v) is 3.74. The van der Waals surface area contributed by atoms with Gasteiger partial charge in [0, 0.05) is 48.8 Å². The largest absolute Gasteiger partial charge is 0.379 e. The van der Waals surface area contributed by atoms with E-state index in [1.165, 1.54) is 5.56 Å². The molecule has 4 heteroatoms. The molecule has 4 nitrogen and oxygen atoms in total. The van der Waals surface area contributed by atoms with E-state index < -0.39 is 0 Å². The van der Waals surface area contributed by atoms with Crippen LogP contribution in [0.4, 0.5) is 0 Å². The van der Waals surface area contributed by atoms with Crippen molar-refractivity contribution in [2.24, 2.45) is 5.92 Å². The molecule has 1 aromatic rings. The van der Waals surface area contributed by atoms with Gasteiger partial charge in [-0.15, -0.1) is 0 Å². The minimum atomic E-state index is -0.0571. The van der Waals surface area contributed by atoms with Crippen molar-refractivity contribution in [2.75, 3.05) is 13.1 Å². The van der Waals surface area contributed by atoms with Crippen LogP contribution in [0.15, 0.2) is 30.3 Å². The third-order valence-electron chi connectivity index (χ3n) is 5.04. The van der Waals surface area contributed by atoms with Gasteiger partial charge >= 0.3 is 0 Å². The van der Waals surface area contributed by atoms with Gasteiger partial charge < -0.3 is 10.2 Å². The van der Waals surface area contributed by atoms with Gasteiger partial charge in [-0.2, -0.15) is 0 Å². The van der Waals surface area contributed by atoms with Crippen molar-refractivity contribution in [1.82, 2.24) is 10.2 Å². The summed E-state index contributed by atoms with van der Waals surface area (Å²) in [6.45, 7) is 7.28. The van der Waals surface area contributed by atoms with Crippen molar-refractivity contribution in [1.29, 1.82) is 0 Å². The number of rotatable bonds is 2. The molecule has 1 N–H and O–H groups in total. The molecule has 0 bridgehead atoms. The fraction of sp³-hybridized carbons (Fsp3) is 0.500. The normalized spacial score (nSPS) is 22.0. The van der Waals surface area contributed by atoms with E-state index in [2.05, 4.69) is 37.4 Å². The number of piperidine rings is 1. The van der Waals surface area contributed by atoms with Crippen LogP contribution in [-0.2, 0) is 16.0 Å². The summed E-state index contributed by atoms with van der Waals surface area (Å²) in [5.41, 5.74) is 3.29. The van der Waals surface area contributed by atoms with Crippen molar-refractivity contribution in [3.8, 4) is 0 Å². The van der Waals surface area contributed by atoms with Gasteiger partial charge in [0.2, 0.25) is 5.91 Å². The second kappa shape index (κ2) is 6.42. The summed E-state index contributed by atoms with van der Waals surface area (Å²) in [7, 11) is 0. The quantitative estimate of drug-likeness (QED) is 0.850. The van der Waals surface area contributed by atoms with E-state index in [0.717, 1.165) is 30.5 Å². The first-order chi connectivity index (χ1) is 11.4. The Morgan fingerprint density at radius 3 is 2.54 bits per heavy atom. The average molecular weight is 326 g/mol. The van der Waals surface area contributed by atoms with Gasteiger partial charge in [0.1, 0.15) is 0 Å². The maximum absolute atomic E-state index is 12.7. The third kappa shape index (κ3) is 3.53. The molecule has 1 aromatic carbocycles. The number of allylic oxidation sites excluding steroid dienone is 1. The average Bonchev–Trinajstić information content (AvgIpc) is 2.53. The second-order valence-corrected chi connectivity index (χ2v) is 7.58. The van der Waals surface area contributed by atoms with Crippen molar-refractivity contribution in [3.05, 3.63) is 41.5 Å². The van der Waals surface area contributed by atoms with E-state index in [1.807, 2.05) is 11.0 Å². The molecular formula is C20H26N2O2. The summed E-state index contributed by atoms with van der Waals surface area (Å²) in [6, 6.07) is 8.29. The first kappa shape index (κ1) is 16.7. The zero-order valence-corrected chi connectivity index (χ0v) is 14.8. The molecule has 3 rings (SSSR count).